The zero-order valence-corrected chi connectivity index (χ0v) is 13.7. The van der Waals surface area contributed by atoms with Crippen LogP contribution in [0.3, 0.4) is 0 Å². The highest BCUT2D eigenvalue weighted by Gasteiger charge is 2.26. The van der Waals surface area contributed by atoms with Crippen molar-refractivity contribution in [1.29, 1.82) is 0 Å². The average Bonchev–Trinajstić information content (AvgIpc) is 3.17. The molecule has 2 aliphatic rings. The Morgan fingerprint density at radius 2 is 2.26 bits per heavy atom. The first-order valence-electron chi connectivity index (χ1n) is 8.40. The summed E-state index contributed by atoms with van der Waals surface area (Å²) in [6.45, 7) is 2.89. The van der Waals surface area contributed by atoms with Gasteiger partial charge in [-0.25, -0.2) is 0 Å². The first-order valence-corrected chi connectivity index (χ1v) is 8.40. The minimum Gasteiger partial charge on any atom is -0.497 e. The van der Waals surface area contributed by atoms with E-state index in [9.17, 15) is 0 Å². The first-order chi connectivity index (χ1) is 11.2. The number of fused-ring (bicyclic) bond motifs is 2. The molecule has 1 aromatic heterocycles. The summed E-state index contributed by atoms with van der Waals surface area (Å²) in [5.41, 5.74) is 3.74. The molecule has 2 heterocycles. The number of benzene rings is 1. The number of rotatable bonds is 4. The predicted octanol–water partition coefficient (Wildman–Crippen LogP) is 3.78. The van der Waals surface area contributed by atoms with E-state index in [1.54, 1.807) is 13.4 Å². The lowest BCUT2D eigenvalue weighted by Crippen LogP contribution is -2.24. The molecule has 122 valence electrons. The fourth-order valence-corrected chi connectivity index (χ4v) is 3.76. The highest BCUT2D eigenvalue weighted by molar-refractivity contribution is 5.49. The lowest BCUT2D eigenvalue weighted by Gasteiger charge is -2.23. The van der Waals surface area contributed by atoms with E-state index in [4.69, 9.17) is 13.9 Å². The van der Waals surface area contributed by atoms with Crippen molar-refractivity contribution in [2.75, 3.05) is 7.11 Å². The molecule has 2 atom stereocenters. The molecule has 4 rings (SSSR count). The minimum absolute atomic E-state index is 0.242. The van der Waals surface area contributed by atoms with Gasteiger partial charge in [0.1, 0.15) is 23.4 Å². The molecule has 1 aliphatic carbocycles. The lowest BCUT2D eigenvalue weighted by molar-refractivity contribution is 0.251. The number of hydrogen-bond donors (Lipinski definition) is 1. The van der Waals surface area contributed by atoms with Gasteiger partial charge >= 0.3 is 0 Å². The van der Waals surface area contributed by atoms with Crippen LogP contribution in [0.25, 0.3) is 0 Å². The first kappa shape index (κ1) is 14.6. The fourth-order valence-electron chi connectivity index (χ4n) is 3.76. The molecule has 1 aromatic carbocycles. The molecule has 0 bridgehead atoms. The van der Waals surface area contributed by atoms with Gasteiger partial charge in [-0.1, -0.05) is 0 Å². The van der Waals surface area contributed by atoms with E-state index in [2.05, 4.69) is 30.4 Å². The molecular weight excluding hydrogens is 290 g/mol. The summed E-state index contributed by atoms with van der Waals surface area (Å²) in [5.74, 6) is 3.08. The molecule has 23 heavy (non-hydrogen) atoms. The van der Waals surface area contributed by atoms with Crippen LogP contribution in [-0.2, 0) is 19.4 Å². The Bertz CT molecular complexity index is 707. The molecule has 2 unspecified atom stereocenters. The number of hydrogen-bond acceptors (Lipinski definition) is 4. The summed E-state index contributed by atoms with van der Waals surface area (Å²) < 4.78 is 17.0. The van der Waals surface area contributed by atoms with Crippen molar-refractivity contribution in [2.24, 2.45) is 0 Å². The Morgan fingerprint density at radius 3 is 3.13 bits per heavy atom. The lowest BCUT2D eigenvalue weighted by atomic mass is 9.93. The van der Waals surface area contributed by atoms with Crippen molar-refractivity contribution < 1.29 is 13.9 Å². The van der Waals surface area contributed by atoms with Crippen LogP contribution in [0.1, 0.15) is 48.3 Å². The number of ether oxygens (including phenoxy) is 2. The normalized spacial score (nSPS) is 22.3. The average molecular weight is 313 g/mol. The van der Waals surface area contributed by atoms with Gasteiger partial charge in [-0.2, -0.15) is 0 Å². The van der Waals surface area contributed by atoms with Gasteiger partial charge in [-0.3, -0.25) is 0 Å². The minimum atomic E-state index is 0.242. The molecule has 0 radical (unpaired) electrons. The maximum Gasteiger partial charge on any atom is 0.127 e. The molecule has 4 heteroatoms. The molecule has 0 amide bonds. The number of aryl methyl sites for hydroxylation is 1. The Morgan fingerprint density at radius 1 is 1.35 bits per heavy atom. The molecule has 1 N–H and O–H groups in total. The van der Waals surface area contributed by atoms with Crippen LogP contribution < -0.4 is 14.8 Å². The quantitative estimate of drug-likeness (QED) is 0.933. The van der Waals surface area contributed by atoms with Crippen LogP contribution >= 0.6 is 0 Å². The van der Waals surface area contributed by atoms with Crippen LogP contribution in [0.4, 0.5) is 0 Å². The van der Waals surface area contributed by atoms with E-state index in [1.807, 2.05) is 0 Å². The van der Waals surface area contributed by atoms with Crippen molar-refractivity contribution in [3.8, 4) is 11.5 Å². The zero-order valence-electron chi connectivity index (χ0n) is 13.7. The Labute approximate surface area is 136 Å². The third-order valence-corrected chi connectivity index (χ3v) is 4.87. The Kier molecular flexibility index (Phi) is 3.77. The largest absolute Gasteiger partial charge is 0.497 e. The maximum atomic E-state index is 6.02. The van der Waals surface area contributed by atoms with Crippen LogP contribution in [0.5, 0.6) is 11.5 Å². The molecule has 0 spiro atoms. The van der Waals surface area contributed by atoms with E-state index in [0.717, 1.165) is 43.1 Å². The molecule has 4 nitrogen and oxygen atoms in total. The van der Waals surface area contributed by atoms with Crippen LogP contribution in [0, 0.1) is 0 Å². The SMILES string of the molecule is COc1cc(CNC2CCCc3occc32)c2c(c1)CC(C)O2. The summed E-state index contributed by atoms with van der Waals surface area (Å²) in [5, 5.41) is 3.68. The third-order valence-electron chi connectivity index (χ3n) is 4.87. The molecule has 0 saturated heterocycles. The van der Waals surface area contributed by atoms with Crippen molar-refractivity contribution in [3.05, 3.63) is 46.9 Å². The summed E-state index contributed by atoms with van der Waals surface area (Å²) >= 11 is 0. The summed E-state index contributed by atoms with van der Waals surface area (Å²) in [6.07, 6.45) is 6.37. The van der Waals surface area contributed by atoms with E-state index < -0.39 is 0 Å². The van der Waals surface area contributed by atoms with E-state index in [0.29, 0.717) is 6.04 Å². The van der Waals surface area contributed by atoms with Gasteiger partial charge in [0.15, 0.2) is 0 Å². The smallest absolute Gasteiger partial charge is 0.127 e. The zero-order chi connectivity index (χ0) is 15.8. The van der Waals surface area contributed by atoms with Gasteiger partial charge in [-0.15, -0.1) is 0 Å². The monoisotopic (exact) mass is 313 g/mol. The molecule has 2 aromatic rings. The maximum absolute atomic E-state index is 6.02. The summed E-state index contributed by atoms with van der Waals surface area (Å²) in [6, 6.07) is 6.64. The van der Waals surface area contributed by atoms with Crippen molar-refractivity contribution in [1.82, 2.24) is 5.32 Å². The number of methoxy groups -OCH3 is 1. The Balaban J connectivity index is 1.55. The van der Waals surface area contributed by atoms with Crippen molar-refractivity contribution in [2.45, 2.75) is 51.3 Å². The second kappa shape index (κ2) is 5.93. The summed E-state index contributed by atoms with van der Waals surface area (Å²) in [4.78, 5) is 0. The standard InChI is InChI=1S/C19H23NO3/c1-12-8-13-9-15(21-2)10-14(19(13)23-12)11-20-17-4-3-5-18-16(17)6-7-22-18/h6-7,9-10,12,17,20H,3-5,8,11H2,1-2H3. The van der Waals surface area contributed by atoms with Crippen molar-refractivity contribution >= 4 is 0 Å². The van der Waals surface area contributed by atoms with E-state index in [1.165, 1.54) is 23.1 Å². The molecule has 0 fully saturated rings. The number of nitrogens with one attached hydrogen (secondary N) is 1. The second-order valence-electron chi connectivity index (χ2n) is 6.53. The van der Waals surface area contributed by atoms with Gasteiger partial charge in [0, 0.05) is 42.1 Å². The fraction of sp³-hybridized carbons (Fsp3) is 0.474. The van der Waals surface area contributed by atoms with Crippen LogP contribution in [0.15, 0.2) is 28.9 Å². The highest BCUT2D eigenvalue weighted by Crippen LogP contribution is 2.37. The van der Waals surface area contributed by atoms with Gasteiger partial charge in [-0.05, 0) is 38.0 Å². The molecular formula is C19H23NO3. The van der Waals surface area contributed by atoms with Gasteiger partial charge in [0.25, 0.3) is 0 Å². The van der Waals surface area contributed by atoms with Crippen LogP contribution in [0.2, 0.25) is 0 Å². The third kappa shape index (κ3) is 2.72. The van der Waals surface area contributed by atoms with Crippen molar-refractivity contribution in [3.63, 3.8) is 0 Å². The highest BCUT2D eigenvalue weighted by atomic mass is 16.5. The molecule has 0 saturated carbocycles. The Hall–Kier alpha value is -1.94. The van der Waals surface area contributed by atoms with E-state index >= 15 is 0 Å². The number of furan rings is 1. The summed E-state index contributed by atoms with van der Waals surface area (Å²) in [7, 11) is 1.72. The topological polar surface area (TPSA) is 43.6 Å². The predicted molar refractivity (Wildman–Crippen MR) is 88.0 cm³/mol. The second-order valence-corrected chi connectivity index (χ2v) is 6.53. The molecule has 1 aliphatic heterocycles. The van der Waals surface area contributed by atoms with Crippen LogP contribution in [-0.4, -0.2) is 13.2 Å². The van der Waals surface area contributed by atoms with Gasteiger partial charge in [0.2, 0.25) is 0 Å². The van der Waals surface area contributed by atoms with Gasteiger partial charge in [0.05, 0.1) is 13.4 Å². The van der Waals surface area contributed by atoms with E-state index in [-0.39, 0.29) is 6.10 Å². The van der Waals surface area contributed by atoms with Gasteiger partial charge < -0.3 is 19.2 Å².